The third kappa shape index (κ3) is 3.63. The average Bonchev–Trinajstić information content (AvgIpc) is 3.11. The summed E-state index contributed by atoms with van der Waals surface area (Å²) in [5.74, 6) is 0.679. The molecule has 8 atom stereocenters. The highest BCUT2D eigenvalue weighted by Crippen LogP contribution is 2.64. The van der Waals surface area contributed by atoms with Crippen LogP contribution in [0.4, 0.5) is 0 Å². The molecule has 0 amide bonds. The first-order valence-electron chi connectivity index (χ1n) is 11.5. The predicted octanol–water partition coefficient (Wildman–Crippen LogP) is 6.84. The molecule has 7 heteroatoms. The summed E-state index contributed by atoms with van der Waals surface area (Å²) in [6.45, 7) is 4.26. The van der Waals surface area contributed by atoms with Crippen molar-refractivity contribution in [1.29, 1.82) is 0 Å². The van der Waals surface area contributed by atoms with Gasteiger partial charge in [-0.25, -0.2) is 0 Å². The zero-order valence-corrected chi connectivity index (χ0v) is 21.7. The van der Waals surface area contributed by atoms with Gasteiger partial charge in [0.1, 0.15) is 10.5 Å². The monoisotopic (exact) mass is 524 g/mol. The third-order valence-electron chi connectivity index (χ3n) is 8.85. The van der Waals surface area contributed by atoms with Crippen LogP contribution in [0.15, 0.2) is 42.0 Å². The largest absolute Gasteiger partial charge is 0.299 e. The fourth-order valence-electron chi connectivity index (χ4n) is 7.30. The van der Waals surface area contributed by atoms with Gasteiger partial charge in [0.05, 0.1) is 10.0 Å². The Morgan fingerprint density at radius 3 is 2.58 bits per heavy atom. The van der Waals surface area contributed by atoms with Crippen molar-refractivity contribution >= 4 is 57.2 Å². The maximum absolute atomic E-state index is 13.7. The highest BCUT2D eigenvalue weighted by Gasteiger charge is 2.63. The first kappa shape index (κ1) is 23.8. The molecule has 0 aromatic heterocycles. The average molecular weight is 526 g/mol. The van der Waals surface area contributed by atoms with Crippen LogP contribution in [-0.4, -0.2) is 21.0 Å². The molecule has 5 rings (SSSR count). The number of fused-ring (bicyclic) bond motifs is 5. The second kappa shape index (κ2) is 8.33. The first-order valence-corrected chi connectivity index (χ1v) is 14.0. The predicted molar refractivity (Wildman–Crippen MR) is 134 cm³/mol. The number of hydrogen-bond acceptors (Lipinski definition) is 3. The molecule has 1 aromatic carbocycles. The van der Waals surface area contributed by atoms with Gasteiger partial charge >= 0.3 is 0 Å². The zero-order chi connectivity index (χ0) is 23.7. The summed E-state index contributed by atoms with van der Waals surface area (Å²) in [5.41, 5.74) is 1.04. The number of rotatable bonds is 3. The van der Waals surface area contributed by atoms with Gasteiger partial charge in [0.2, 0.25) is 0 Å². The lowest BCUT2D eigenvalue weighted by Crippen LogP contribution is -2.55. The minimum atomic E-state index is -1.37. The fraction of sp³-hybridized carbons (Fsp3) is 0.538. The van der Waals surface area contributed by atoms with E-state index >= 15 is 0 Å². The molecule has 0 spiro atoms. The molecule has 3 fully saturated rings. The van der Waals surface area contributed by atoms with E-state index in [0.717, 1.165) is 31.3 Å². The molecule has 33 heavy (non-hydrogen) atoms. The van der Waals surface area contributed by atoms with Gasteiger partial charge in [0, 0.05) is 33.8 Å². The van der Waals surface area contributed by atoms with Crippen molar-refractivity contribution in [2.24, 2.45) is 28.6 Å². The first-order chi connectivity index (χ1) is 15.6. The van der Waals surface area contributed by atoms with Crippen molar-refractivity contribution in [2.75, 3.05) is 0 Å². The van der Waals surface area contributed by atoms with E-state index in [0.29, 0.717) is 27.9 Å². The van der Waals surface area contributed by atoms with E-state index in [4.69, 9.17) is 34.8 Å². The van der Waals surface area contributed by atoms with E-state index in [9.17, 15) is 13.8 Å². The molecular weight excluding hydrogens is 499 g/mol. The summed E-state index contributed by atoms with van der Waals surface area (Å²) in [6, 6.07) is 5.13. The molecular formula is C26H27Cl3O3S. The highest BCUT2D eigenvalue weighted by atomic mass is 35.5. The molecule has 3 saturated carbocycles. The topological polar surface area (TPSA) is 51.2 Å². The number of halogens is 3. The molecule has 1 aromatic rings. The number of allylic oxidation sites excluding steroid dienone is 4. The molecule has 4 aliphatic carbocycles. The van der Waals surface area contributed by atoms with Gasteiger partial charge < -0.3 is 0 Å². The SMILES string of the molecule is C[C@]12CC(=O)[C@H]3[C@@H](CCC4=CC(=O)C=C[C@@]43C)[C@@H]1CC[C@@H]2S(=O)C(Cl)c1ccc(Cl)c(Cl)c1. The Bertz CT molecular complexity index is 1130. The second-order valence-electron chi connectivity index (χ2n) is 10.5. The Hall–Kier alpha value is -0.940. The number of benzene rings is 1. The van der Waals surface area contributed by atoms with Crippen molar-refractivity contribution in [3.05, 3.63) is 57.6 Å². The lowest BCUT2D eigenvalue weighted by Gasteiger charge is -2.55. The maximum Gasteiger partial charge on any atom is 0.178 e. The molecule has 2 unspecified atom stereocenters. The molecule has 0 bridgehead atoms. The minimum absolute atomic E-state index is 0.0146. The van der Waals surface area contributed by atoms with Gasteiger partial charge in [0.15, 0.2) is 5.78 Å². The number of carbonyl (C=O) groups excluding carboxylic acids is 2. The summed E-state index contributed by atoms with van der Waals surface area (Å²) in [7, 11) is -1.37. The Morgan fingerprint density at radius 1 is 1.09 bits per heavy atom. The lowest BCUT2D eigenvalue weighted by molar-refractivity contribution is -0.140. The van der Waals surface area contributed by atoms with Crippen molar-refractivity contribution in [3.63, 3.8) is 0 Å². The number of Topliss-reactive ketones (excluding diaryl/α,β-unsaturated/α-hetero) is 1. The molecule has 0 N–H and O–H groups in total. The summed E-state index contributed by atoms with van der Waals surface area (Å²) < 4.78 is 13.0. The van der Waals surface area contributed by atoms with E-state index in [-0.39, 0.29) is 39.5 Å². The van der Waals surface area contributed by atoms with Crippen LogP contribution in [0.2, 0.25) is 10.0 Å². The van der Waals surface area contributed by atoms with Crippen LogP contribution < -0.4 is 0 Å². The van der Waals surface area contributed by atoms with Gasteiger partial charge in [-0.15, -0.1) is 11.6 Å². The van der Waals surface area contributed by atoms with Gasteiger partial charge in [-0.2, -0.15) is 0 Å². The van der Waals surface area contributed by atoms with Crippen molar-refractivity contribution in [1.82, 2.24) is 0 Å². The molecule has 0 radical (unpaired) electrons. The van der Waals surface area contributed by atoms with E-state index < -0.39 is 15.5 Å². The third-order valence-corrected chi connectivity index (χ3v) is 12.4. The number of hydrogen-bond donors (Lipinski definition) is 0. The molecule has 3 nitrogen and oxygen atoms in total. The fourth-order valence-corrected chi connectivity index (χ4v) is 9.97. The summed E-state index contributed by atoms with van der Waals surface area (Å²) >= 11 is 18.9. The Balaban J connectivity index is 1.44. The van der Waals surface area contributed by atoms with E-state index in [2.05, 4.69) is 13.8 Å². The van der Waals surface area contributed by atoms with Crippen LogP contribution in [0.25, 0.3) is 0 Å². The van der Waals surface area contributed by atoms with Crippen LogP contribution in [0.1, 0.15) is 56.2 Å². The second-order valence-corrected chi connectivity index (χ2v) is 13.7. The zero-order valence-electron chi connectivity index (χ0n) is 18.7. The summed E-state index contributed by atoms with van der Waals surface area (Å²) in [6.07, 6.45) is 9.20. The quantitative estimate of drug-likeness (QED) is 0.406. The molecule has 4 aliphatic rings. The van der Waals surface area contributed by atoms with Crippen molar-refractivity contribution in [3.8, 4) is 0 Å². The van der Waals surface area contributed by atoms with Gasteiger partial charge in [0.25, 0.3) is 0 Å². The normalized spacial score (nSPS) is 39.4. The van der Waals surface area contributed by atoms with E-state index in [1.54, 1.807) is 30.4 Å². The van der Waals surface area contributed by atoms with Gasteiger partial charge in [-0.1, -0.05) is 54.8 Å². The Kier molecular flexibility index (Phi) is 6.00. The summed E-state index contributed by atoms with van der Waals surface area (Å²) in [5, 5.41) is 0.670. The molecule has 176 valence electrons. The highest BCUT2D eigenvalue weighted by molar-refractivity contribution is 7.87. The molecule has 0 aliphatic heterocycles. The van der Waals surface area contributed by atoms with Crippen LogP contribution in [0.5, 0.6) is 0 Å². The number of alkyl halides is 1. The Labute approximate surface area is 212 Å². The summed E-state index contributed by atoms with van der Waals surface area (Å²) in [4.78, 5) is 25.7. The van der Waals surface area contributed by atoms with Crippen LogP contribution >= 0.6 is 34.8 Å². The smallest absolute Gasteiger partial charge is 0.178 e. The van der Waals surface area contributed by atoms with Gasteiger partial charge in [-0.05, 0) is 72.8 Å². The lowest BCUT2D eigenvalue weighted by atomic mass is 9.48. The van der Waals surface area contributed by atoms with Crippen LogP contribution in [-0.2, 0) is 20.4 Å². The number of carbonyl (C=O) groups is 2. The van der Waals surface area contributed by atoms with E-state index in [1.807, 2.05) is 6.08 Å². The minimum Gasteiger partial charge on any atom is -0.299 e. The van der Waals surface area contributed by atoms with Crippen molar-refractivity contribution in [2.45, 2.75) is 55.9 Å². The van der Waals surface area contributed by atoms with Crippen LogP contribution in [0, 0.1) is 28.6 Å². The number of ketones is 2. The van der Waals surface area contributed by atoms with Crippen LogP contribution in [0.3, 0.4) is 0 Å². The van der Waals surface area contributed by atoms with Gasteiger partial charge in [-0.3, -0.25) is 13.8 Å². The van der Waals surface area contributed by atoms with E-state index in [1.165, 1.54) is 0 Å². The Morgan fingerprint density at radius 2 is 1.85 bits per heavy atom. The van der Waals surface area contributed by atoms with Crippen molar-refractivity contribution < 1.29 is 13.8 Å². The maximum atomic E-state index is 13.7. The molecule has 0 heterocycles. The standard InChI is InChI=1S/C26H27Cl3O3S/c1-25-10-9-16(30)12-15(25)4-5-17-18-6-8-22(26(18,2)13-21(31)23(17)25)33(32)24(29)14-3-7-19(27)20(28)11-14/h3,7,9-12,17-18,22-24H,4-6,8,13H2,1-2H3/t17-,18-,22-,23+,24?,25-,26-,33?/m0/s1. The molecule has 0 saturated heterocycles.